The predicted molar refractivity (Wildman–Crippen MR) is 88.3 cm³/mol. The SMILES string of the molecule is CC1(C)NC(=O)N(CC(=O)N[C@@H](c2cccs2)C2CC(O)C2)C1=O. The molecule has 3 rings (SSSR count). The van der Waals surface area contributed by atoms with E-state index in [0.29, 0.717) is 12.8 Å². The number of amides is 4. The van der Waals surface area contributed by atoms with Crippen LogP contribution >= 0.6 is 11.3 Å². The summed E-state index contributed by atoms with van der Waals surface area (Å²) in [5, 5.41) is 17.0. The van der Waals surface area contributed by atoms with Crippen molar-refractivity contribution in [3.63, 3.8) is 0 Å². The Morgan fingerprint density at radius 2 is 2.21 bits per heavy atom. The number of imide groups is 1. The van der Waals surface area contributed by atoms with Gasteiger partial charge in [0.25, 0.3) is 5.91 Å². The fourth-order valence-electron chi connectivity index (χ4n) is 3.12. The van der Waals surface area contributed by atoms with E-state index in [1.165, 1.54) is 11.3 Å². The molecule has 24 heavy (non-hydrogen) atoms. The zero-order valence-corrected chi connectivity index (χ0v) is 14.4. The Morgan fingerprint density at radius 3 is 2.71 bits per heavy atom. The predicted octanol–water partition coefficient (Wildman–Crippen LogP) is 1.01. The summed E-state index contributed by atoms with van der Waals surface area (Å²) < 4.78 is 0. The molecule has 1 saturated heterocycles. The number of nitrogens with one attached hydrogen (secondary N) is 2. The molecule has 0 unspecified atom stereocenters. The number of aliphatic hydroxyl groups is 1. The Kier molecular flexibility index (Phi) is 4.35. The van der Waals surface area contributed by atoms with E-state index >= 15 is 0 Å². The average Bonchev–Trinajstić information content (AvgIpc) is 3.05. The first-order chi connectivity index (χ1) is 11.3. The quantitative estimate of drug-likeness (QED) is 0.690. The summed E-state index contributed by atoms with van der Waals surface area (Å²) in [6.07, 6.45) is 0.957. The van der Waals surface area contributed by atoms with Gasteiger partial charge in [-0.3, -0.25) is 14.5 Å². The molecule has 1 saturated carbocycles. The molecule has 4 amide bonds. The molecule has 0 aromatic carbocycles. The third kappa shape index (κ3) is 3.16. The van der Waals surface area contributed by atoms with Crippen molar-refractivity contribution >= 4 is 29.2 Å². The highest BCUT2D eigenvalue weighted by Crippen LogP contribution is 2.39. The third-order valence-electron chi connectivity index (χ3n) is 4.53. The van der Waals surface area contributed by atoms with Gasteiger partial charge in [0.05, 0.1) is 12.1 Å². The highest BCUT2D eigenvalue weighted by Gasteiger charge is 2.45. The van der Waals surface area contributed by atoms with Crippen LogP contribution in [0.1, 0.15) is 37.6 Å². The Hall–Kier alpha value is -1.93. The summed E-state index contributed by atoms with van der Waals surface area (Å²) in [6.45, 7) is 2.91. The molecule has 1 aliphatic heterocycles. The van der Waals surface area contributed by atoms with E-state index in [1.807, 2.05) is 17.5 Å². The zero-order valence-electron chi connectivity index (χ0n) is 13.6. The standard InChI is InChI=1S/C16H21N3O4S/c1-16(2)14(22)19(15(23)18-16)8-12(21)17-13(9-6-10(20)7-9)11-4-3-5-24-11/h3-5,9-10,13,20H,6-8H2,1-2H3,(H,17,21)(H,18,23)/t9?,10?,13-/m1/s1. The highest BCUT2D eigenvalue weighted by molar-refractivity contribution is 7.10. The molecule has 0 bridgehead atoms. The maximum absolute atomic E-state index is 12.4. The van der Waals surface area contributed by atoms with Crippen molar-refractivity contribution in [2.24, 2.45) is 5.92 Å². The normalized spacial score (nSPS) is 26.7. The topological polar surface area (TPSA) is 98.7 Å². The molecule has 0 spiro atoms. The number of rotatable bonds is 5. The second-order valence-corrected chi connectivity index (χ2v) is 7.87. The number of aliphatic hydroxyl groups excluding tert-OH is 1. The molecule has 2 fully saturated rings. The molecule has 1 aliphatic carbocycles. The lowest BCUT2D eigenvalue weighted by atomic mass is 9.77. The minimum atomic E-state index is -0.984. The number of carbonyl (C=O) groups excluding carboxylic acids is 3. The van der Waals surface area contributed by atoms with Crippen LogP contribution in [-0.4, -0.2) is 46.0 Å². The van der Waals surface area contributed by atoms with Gasteiger partial charge in [0.1, 0.15) is 12.1 Å². The Morgan fingerprint density at radius 1 is 1.50 bits per heavy atom. The van der Waals surface area contributed by atoms with E-state index in [2.05, 4.69) is 10.6 Å². The van der Waals surface area contributed by atoms with Crippen molar-refractivity contribution in [3.8, 4) is 0 Å². The van der Waals surface area contributed by atoms with E-state index in [0.717, 1.165) is 9.78 Å². The smallest absolute Gasteiger partial charge is 0.325 e. The van der Waals surface area contributed by atoms with E-state index in [-0.39, 0.29) is 30.5 Å². The molecule has 3 N–H and O–H groups in total. The first-order valence-corrected chi connectivity index (χ1v) is 8.81. The fourth-order valence-corrected chi connectivity index (χ4v) is 3.99. The van der Waals surface area contributed by atoms with Gasteiger partial charge in [-0.1, -0.05) is 6.07 Å². The van der Waals surface area contributed by atoms with Gasteiger partial charge in [0, 0.05) is 4.88 Å². The Balaban J connectivity index is 1.66. The summed E-state index contributed by atoms with van der Waals surface area (Å²) in [6, 6.07) is 3.10. The molecule has 1 aromatic heterocycles. The van der Waals surface area contributed by atoms with Crippen LogP contribution in [0.25, 0.3) is 0 Å². The maximum atomic E-state index is 12.4. The Labute approximate surface area is 144 Å². The molecule has 2 heterocycles. The largest absolute Gasteiger partial charge is 0.393 e. The van der Waals surface area contributed by atoms with Crippen LogP contribution in [0.15, 0.2) is 17.5 Å². The molecule has 8 heteroatoms. The van der Waals surface area contributed by atoms with Crippen LogP contribution in [-0.2, 0) is 9.59 Å². The lowest BCUT2D eigenvalue weighted by Crippen LogP contribution is -2.46. The number of carbonyl (C=O) groups is 3. The lowest BCUT2D eigenvalue weighted by Gasteiger charge is -2.37. The van der Waals surface area contributed by atoms with Gasteiger partial charge in [0.2, 0.25) is 5.91 Å². The first kappa shape index (κ1) is 16.9. The van der Waals surface area contributed by atoms with Crippen LogP contribution in [0.5, 0.6) is 0 Å². The van der Waals surface area contributed by atoms with Gasteiger partial charge in [-0.15, -0.1) is 11.3 Å². The summed E-state index contributed by atoms with van der Waals surface area (Å²) >= 11 is 1.54. The summed E-state index contributed by atoms with van der Waals surface area (Å²) in [4.78, 5) is 38.4. The highest BCUT2D eigenvalue weighted by atomic mass is 32.1. The van der Waals surface area contributed by atoms with Gasteiger partial charge >= 0.3 is 6.03 Å². The van der Waals surface area contributed by atoms with Crippen LogP contribution in [0.2, 0.25) is 0 Å². The van der Waals surface area contributed by atoms with Gasteiger partial charge < -0.3 is 15.7 Å². The first-order valence-electron chi connectivity index (χ1n) is 7.93. The summed E-state index contributed by atoms with van der Waals surface area (Å²) in [7, 11) is 0. The van der Waals surface area contributed by atoms with Crippen LogP contribution in [0, 0.1) is 5.92 Å². The van der Waals surface area contributed by atoms with Crippen molar-refractivity contribution in [3.05, 3.63) is 22.4 Å². The van der Waals surface area contributed by atoms with E-state index in [9.17, 15) is 19.5 Å². The van der Waals surface area contributed by atoms with Gasteiger partial charge in [-0.05, 0) is 44.1 Å². The lowest BCUT2D eigenvalue weighted by molar-refractivity contribution is -0.134. The molecule has 7 nitrogen and oxygen atoms in total. The van der Waals surface area contributed by atoms with E-state index < -0.39 is 17.5 Å². The van der Waals surface area contributed by atoms with Crippen LogP contribution in [0.4, 0.5) is 4.79 Å². The molecular formula is C16H21N3O4S. The summed E-state index contributed by atoms with van der Waals surface area (Å²) in [5.41, 5.74) is -0.984. The van der Waals surface area contributed by atoms with Gasteiger partial charge in [-0.2, -0.15) is 0 Å². The number of nitrogens with zero attached hydrogens (tertiary/aromatic N) is 1. The number of urea groups is 1. The molecular weight excluding hydrogens is 330 g/mol. The van der Waals surface area contributed by atoms with Crippen LogP contribution in [0.3, 0.4) is 0 Å². The Bertz CT molecular complexity index is 652. The maximum Gasteiger partial charge on any atom is 0.325 e. The number of hydrogen-bond donors (Lipinski definition) is 3. The zero-order chi connectivity index (χ0) is 17.5. The van der Waals surface area contributed by atoms with E-state index in [4.69, 9.17) is 0 Å². The third-order valence-corrected chi connectivity index (χ3v) is 5.49. The van der Waals surface area contributed by atoms with Crippen molar-refractivity contribution in [2.45, 2.75) is 44.4 Å². The van der Waals surface area contributed by atoms with Crippen molar-refractivity contribution in [1.29, 1.82) is 0 Å². The second-order valence-electron chi connectivity index (χ2n) is 6.89. The molecule has 2 aliphatic rings. The molecule has 1 atom stereocenters. The van der Waals surface area contributed by atoms with Gasteiger partial charge in [-0.25, -0.2) is 4.79 Å². The minimum Gasteiger partial charge on any atom is -0.393 e. The van der Waals surface area contributed by atoms with Crippen molar-refractivity contribution in [2.75, 3.05) is 6.54 Å². The van der Waals surface area contributed by atoms with Crippen LogP contribution < -0.4 is 10.6 Å². The number of thiophene rings is 1. The molecule has 0 radical (unpaired) electrons. The van der Waals surface area contributed by atoms with Crippen molar-refractivity contribution < 1.29 is 19.5 Å². The van der Waals surface area contributed by atoms with E-state index in [1.54, 1.807) is 13.8 Å². The number of hydrogen-bond acceptors (Lipinski definition) is 5. The average molecular weight is 351 g/mol. The molecule has 1 aromatic rings. The second kappa shape index (κ2) is 6.18. The minimum absolute atomic E-state index is 0.169. The molecule has 130 valence electrons. The van der Waals surface area contributed by atoms with Gasteiger partial charge in [0.15, 0.2) is 0 Å². The van der Waals surface area contributed by atoms with Crippen molar-refractivity contribution in [1.82, 2.24) is 15.5 Å². The summed E-state index contributed by atoms with van der Waals surface area (Å²) in [5.74, 6) is -0.618. The fraction of sp³-hybridized carbons (Fsp3) is 0.562. The monoisotopic (exact) mass is 351 g/mol.